The number of methoxy groups -OCH3 is 1. The van der Waals surface area contributed by atoms with Crippen LogP contribution in [0, 0.1) is 11.8 Å². The van der Waals surface area contributed by atoms with Gasteiger partial charge < -0.3 is 19.8 Å². The molecule has 1 amide bonds. The summed E-state index contributed by atoms with van der Waals surface area (Å²) in [5.74, 6) is -2.11. The maximum atomic E-state index is 11.7. The van der Waals surface area contributed by atoms with E-state index in [4.69, 9.17) is 9.84 Å². The van der Waals surface area contributed by atoms with Crippen LogP contribution in [0.5, 0.6) is 0 Å². The van der Waals surface area contributed by atoms with Gasteiger partial charge in [-0.15, -0.1) is 0 Å². The summed E-state index contributed by atoms with van der Waals surface area (Å²) in [5.41, 5.74) is 0. The highest BCUT2D eigenvalue weighted by Crippen LogP contribution is 2.39. The van der Waals surface area contributed by atoms with Crippen LogP contribution in [0.2, 0.25) is 0 Å². The van der Waals surface area contributed by atoms with Crippen molar-refractivity contribution in [1.82, 2.24) is 4.90 Å². The van der Waals surface area contributed by atoms with Crippen molar-refractivity contribution < 1.29 is 24.5 Å². The third kappa shape index (κ3) is 3.18. The lowest BCUT2D eigenvalue weighted by Gasteiger charge is -2.20. The molecule has 3 atom stereocenters. The van der Waals surface area contributed by atoms with E-state index in [2.05, 4.69) is 0 Å². The van der Waals surface area contributed by atoms with Crippen molar-refractivity contribution in [3.8, 4) is 0 Å². The molecule has 6 nitrogen and oxygen atoms in total. The van der Waals surface area contributed by atoms with Crippen molar-refractivity contribution >= 4 is 11.9 Å². The van der Waals surface area contributed by atoms with Crippen molar-refractivity contribution in [2.45, 2.75) is 12.5 Å². The zero-order chi connectivity index (χ0) is 12.3. The number of ether oxygens (including phenoxy) is 1. The first-order valence-electron chi connectivity index (χ1n) is 5.12. The molecule has 6 heteroatoms. The maximum Gasteiger partial charge on any atom is 0.307 e. The first kappa shape index (κ1) is 12.9. The monoisotopic (exact) mass is 231 g/mol. The van der Waals surface area contributed by atoms with Crippen LogP contribution in [-0.2, 0) is 14.3 Å². The summed E-state index contributed by atoms with van der Waals surface area (Å²) in [7, 11) is 3.02. The molecule has 0 saturated heterocycles. The van der Waals surface area contributed by atoms with Gasteiger partial charge in [0.25, 0.3) is 0 Å². The molecule has 1 saturated carbocycles. The van der Waals surface area contributed by atoms with Crippen molar-refractivity contribution in [3.05, 3.63) is 0 Å². The number of hydrogen-bond donors (Lipinski definition) is 2. The summed E-state index contributed by atoms with van der Waals surface area (Å²) >= 11 is 0. The predicted molar refractivity (Wildman–Crippen MR) is 54.8 cm³/mol. The van der Waals surface area contributed by atoms with Gasteiger partial charge in [0.15, 0.2) is 0 Å². The number of aliphatic hydroxyl groups is 1. The topological polar surface area (TPSA) is 87.1 Å². The van der Waals surface area contributed by atoms with E-state index >= 15 is 0 Å². The van der Waals surface area contributed by atoms with Gasteiger partial charge in [-0.1, -0.05) is 0 Å². The van der Waals surface area contributed by atoms with Gasteiger partial charge in [0, 0.05) is 20.7 Å². The molecule has 0 aliphatic heterocycles. The molecule has 92 valence electrons. The van der Waals surface area contributed by atoms with E-state index in [1.807, 2.05) is 0 Å². The molecule has 0 aromatic carbocycles. The second-order valence-corrected chi connectivity index (χ2v) is 4.11. The number of nitrogens with zero attached hydrogens (tertiary/aromatic N) is 1. The van der Waals surface area contributed by atoms with Gasteiger partial charge >= 0.3 is 5.97 Å². The fourth-order valence-corrected chi connectivity index (χ4v) is 1.68. The Kier molecular flexibility index (Phi) is 4.26. The number of likely N-dealkylation sites (N-methyl/N-ethyl adjacent to an activating group) is 1. The minimum atomic E-state index is -0.927. The Bertz CT molecular complexity index is 280. The molecule has 2 N–H and O–H groups in total. The van der Waals surface area contributed by atoms with E-state index in [9.17, 15) is 14.7 Å². The summed E-state index contributed by atoms with van der Waals surface area (Å²) in [6.07, 6.45) is -0.334. The van der Waals surface area contributed by atoms with Gasteiger partial charge in [0.1, 0.15) is 0 Å². The van der Waals surface area contributed by atoms with E-state index in [0.29, 0.717) is 6.42 Å². The Morgan fingerprint density at radius 1 is 1.50 bits per heavy atom. The number of rotatable bonds is 6. The lowest BCUT2D eigenvalue weighted by atomic mass is 10.2. The van der Waals surface area contributed by atoms with Crippen molar-refractivity contribution in [2.75, 3.05) is 27.3 Å². The zero-order valence-electron chi connectivity index (χ0n) is 9.42. The van der Waals surface area contributed by atoms with Gasteiger partial charge in [-0.3, -0.25) is 9.59 Å². The quantitative estimate of drug-likeness (QED) is 0.623. The molecule has 1 aliphatic rings. The van der Waals surface area contributed by atoms with Crippen LogP contribution in [-0.4, -0.2) is 60.4 Å². The van der Waals surface area contributed by atoms with E-state index in [0.717, 1.165) is 0 Å². The Labute approximate surface area is 93.8 Å². The fraction of sp³-hybridized carbons (Fsp3) is 0.800. The van der Waals surface area contributed by atoms with Gasteiger partial charge in [0.2, 0.25) is 5.91 Å². The number of aliphatic carboxylic acids is 1. The molecule has 0 heterocycles. The molecular weight excluding hydrogens is 214 g/mol. The standard InChI is InChI=1S/C10H17NO5/c1-11(4-6(12)5-16-2)9(13)7-3-8(7)10(14)15/h6-8,12H,3-5H2,1-2H3,(H,14,15)/t6?,7-,8+/m1/s1. The Morgan fingerprint density at radius 3 is 2.56 bits per heavy atom. The number of carbonyl (C=O) groups is 2. The first-order chi connectivity index (χ1) is 7.47. The number of carboxylic acids is 1. The van der Waals surface area contributed by atoms with Crippen LogP contribution in [0.25, 0.3) is 0 Å². The second kappa shape index (κ2) is 5.27. The average molecular weight is 231 g/mol. The Morgan fingerprint density at radius 2 is 2.12 bits per heavy atom. The van der Waals surface area contributed by atoms with Gasteiger partial charge in [0.05, 0.1) is 24.5 Å². The summed E-state index contributed by atoms with van der Waals surface area (Å²) in [5, 5.41) is 18.1. The summed E-state index contributed by atoms with van der Waals surface area (Å²) < 4.78 is 4.74. The van der Waals surface area contributed by atoms with E-state index in [1.54, 1.807) is 7.05 Å². The highest BCUT2D eigenvalue weighted by atomic mass is 16.5. The molecular formula is C10H17NO5. The van der Waals surface area contributed by atoms with Gasteiger partial charge in [-0.2, -0.15) is 0 Å². The molecule has 0 aromatic heterocycles. The van der Waals surface area contributed by atoms with Crippen LogP contribution in [0.3, 0.4) is 0 Å². The van der Waals surface area contributed by atoms with E-state index < -0.39 is 23.9 Å². The number of carbonyl (C=O) groups excluding carboxylic acids is 1. The summed E-state index contributed by atoms with van der Waals surface area (Å²) in [6.45, 7) is 0.320. The highest BCUT2D eigenvalue weighted by molar-refractivity contribution is 5.89. The van der Waals surface area contributed by atoms with Gasteiger partial charge in [-0.05, 0) is 6.42 Å². The van der Waals surface area contributed by atoms with Crippen LogP contribution in [0.4, 0.5) is 0 Å². The number of aliphatic hydroxyl groups excluding tert-OH is 1. The fourth-order valence-electron chi connectivity index (χ4n) is 1.68. The lowest BCUT2D eigenvalue weighted by molar-refractivity contribution is -0.142. The number of amides is 1. The number of carboxylic acid groups (broad SMARTS) is 1. The van der Waals surface area contributed by atoms with Crippen molar-refractivity contribution in [2.24, 2.45) is 11.8 Å². The second-order valence-electron chi connectivity index (χ2n) is 4.11. The molecule has 0 aromatic rings. The van der Waals surface area contributed by atoms with Crippen molar-refractivity contribution in [1.29, 1.82) is 0 Å². The van der Waals surface area contributed by atoms with Crippen LogP contribution in [0.15, 0.2) is 0 Å². The minimum Gasteiger partial charge on any atom is -0.481 e. The molecule has 16 heavy (non-hydrogen) atoms. The van der Waals surface area contributed by atoms with Gasteiger partial charge in [-0.25, -0.2) is 0 Å². The van der Waals surface area contributed by atoms with E-state index in [1.165, 1.54) is 12.0 Å². The first-order valence-corrected chi connectivity index (χ1v) is 5.12. The van der Waals surface area contributed by atoms with Crippen LogP contribution >= 0.6 is 0 Å². The molecule has 1 fully saturated rings. The molecule has 1 aliphatic carbocycles. The van der Waals surface area contributed by atoms with Crippen molar-refractivity contribution in [3.63, 3.8) is 0 Å². The highest BCUT2D eigenvalue weighted by Gasteiger charge is 2.49. The van der Waals surface area contributed by atoms with Crippen LogP contribution < -0.4 is 0 Å². The predicted octanol–water partition coefficient (Wildman–Crippen LogP) is -0.827. The smallest absolute Gasteiger partial charge is 0.307 e. The maximum absolute atomic E-state index is 11.7. The number of hydrogen-bond acceptors (Lipinski definition) is 4. The largest absolute Gasteiger partial charge is 0.481 e. The SMILES string of the molecule is COCC(O)CN(C)C(=O)[C@@H]1C[C@@H]1C(=O)O. The minimum absolute atomic E-state index is 0.157. The molecule has 0 bridgehead atoms. The normalized spacial score (nSPS) is 24.9. The van der Waals surface area contributed by atoms with Crippen LogP contribution in [0.1, 0.15) is 6.42 Å². The molecule has 1 rings (SSSR count). The molecule has 1 unspecified atom stereocenters. The zero-order valence-corrected chi connectivity index (χ0v) is 9.42. The Hall–Kier alpha value is -1.14. The summed E-state index contributed by atoms with van der Waals surface area (Å²) in [6, 6.07) is 0. The van der Waals surface area contributed by atoms with E-state index in [-0.39, 0.29) is 19.1 Å². The molecule has 0 radical (unpaired) electrons. The third-order valence-electron chi connectivity index (χ3n) is 2.64. The molecule has 0 spiro atoms. The third-order valence-corrected chi connectivity index (χ3v) is 2.64. The lowest BCUT2D eigenvalue weighted by Crippen LogP contribution is -2.37. The Balaban J connectivity index is 2.35. The average Bonchev–Trinajstić information content (AvgIpc) is 2.96. The summed E-state index contributed by atoms with van der Waals surface area (Å²) in [4.78, 5) is 23.6.